The van der Waals surface area contributed by atoms with Crippen molar-refractivity contribution in [1.29, 1.82) is 0 Å². The van der Waals surface area contributed by atoms with Crippen LogP contribution in [0.3, 0.4) is 0 Å². The molecule has 0 aliphatic carbocycles. The summed E-state index contributed by atoms with van der Waals surface area (Å²) in [7, 11) is 0. The normalized spacial score (nSPS) is 31.8. The lowest BCUT2D eigenvalue weighted by molar-refractivity contribution is 0.169. The first-order valence-electron chi connectivity index (χ1n) is 6.71. The Morgan fingerprint density at radius 2 is 1.73 bits per heavy atom. The van der Waals surface area contributed by atoms with Gasteiger partial charge in [0.25, 0.3) is 0 Å². The molecule has 2 aliphatic heterocycles. The SMILES string of the molecule is CC.CC(C)N1CCCC2(CCN2)CC1. The van der Waals surface area contributed by atoms with Crippen molar-refractivity contribution in [2.24, 2.45) is 0 Å². The van der Waals surface area contributed by atoms with Crippen molar-refractivity contribution in [1.82, 2.24) is 10.2 Å². The molecule has 2 heterocycles. The number of likely N-dealkylation sites (tertiary alicyclic amines) is 1. The fourth-order valence-corrected chi connectivity index (χ4v) is 2.64. The second kappa shape index (κ2) is 5.86. The molecule has 2 nitrogen and oxygen atoms in total. The summed E-state index contributed by atoms with van der Waals surface area (Å²) in [6.45, 7) is 12.5. The van der Waals surface area contributed by atoms with Gasteiger partial charge in [0.1, 0.15) is 0 Å². The summed E-state index contributed by atoms with van der Waals surface area (Å²) in [5.74, 6) is 0. The quantitative estimate of drug-likeness (QED) is 0.719. The van der Waals surface area contributed by atoms with Gasteiger partial charge in [-0.3, -0.25) is 0 Å². The van der Waals surface area contributed by atoms with E-state index in [-0.39, 0.29) is 0 Å². The molecule has 0 radical (unpaired) electrons. The Morgan fingerprint density at radius 3 is 2.20 bits per heavy atom. The number of nitrogens with one attached hydrogen (secondary N) is 1. The summed E-state index contributed by atoms with van der Waals surface area (Å²) >= 11 is 0. The van der Waals surface area contributed by atoms with Gasteiger partial charge in [-0.05, 0) is 52.6 Å². The summed E-state index contributed by atoms with van der Waals surface area (Å²) in [4.78, 5) is 2.62. The van der Waals surface area contributed by atoms with Crippen LogP contribution in [0.2, 0.25) is 0 Å². The standard InChI is InChI=1S/C11H22N2.C2H6/c1-10(2)13-8-3-4-11(6-9-13)5-7-12-11;1-2/h10,12H,3-9H2,1-2H3;1-2H3. The number of hydrogen-bond acceptors (Lipinski definition) is 2. The molecule has 0 saturated carbocycles. The molecule has 2 heteroatoms. The summed E-state index contributed by atoms with van der Waals surface area (Å²) in [5, 5.41) is 3.63. The van der Waals surface area contributed by atoms with Gasteiger partial charge in [-0.2, -0.15) is 0 Å². The van der Waals surface area contributed by atoms with E-state index in [4.69, 9.17) is 0 Å². The minimum atomic E-state index is 0.559. The summed E-state index contributed by atoms with van der Waals surface area (Å²) in [6.07, 6.45) is 5.56. The second-order valence-electron chi connectivity index (χ2n) is 4.94. The summed E-state index contributed by atoms with van der Waals surface area (Å²) in [6, 6.07) is 0.732. The van der Waals surface area contributed by atoms with Crippen molar-refractivity contribution in [2.75, 3.05) is 19.6 Å². The zero-order valence-corrected chi connectivity index (χ0v) is 11.0. The maximum Gasteiger partial charge on any atom is 0.0206 e. The molecular formula is C13H28N2. The molecule has 0 aromatic rings. The van der Waals surface area contributed by atoms with Gasteiger partial charge >= 0.3 is 0 Å². The minimum absolute atomic E-state index is 0.559. The molecule has 2 rings (SSSR count). The molecule has 2 aliphatic rings. The number of hydrogen-bond donors (Lipinski definition) is 1. The van der Waals surface area contributed by atoms with Crippen molar-refractivity contribution in [2.45, 2.75) is 65.0 Å². The van der Waals surface area contributed by atoms with Gasteiger partial charge in [0.2, 0.25) is 0 Å². The highest BCUT2D eigenvalue weighted by Gasteiger charge is 2.37. The van der Waals surface area contributed by atoms with E-state index in [9.17, 15) is 0 Å². The van der Waals surface area contributed by atoms with Crippen LogP contribution in [0.4, 0.5) is 0 Å². The molecule has 1 atom stereocenters. The minimum Gasteiger partial charge on any atom is -0.311 e. The summed E-state index contributed by atoms with van der Waals surface area (Å²) in [5.41, 5.74) is 0.559. The highest BCUT2D eigenvalue weighted by molar-refractivity contribution is 4.98. The molecule has 2 saturated heterocycles. The van der Waals surface area contributed by atoms with E-state index in [0.717, 1.165) is 6.04 Å². The Hall–Kier alpha value is -0.0800. The Bertz CT molecular complexity index is 173. The van der Waals surface area contributed by atoms with Crippen LogP contribution in [0.25, 0.3) is 0 Å². The van der Waals surface area contributed by atoms with Crippen LogP contribution in [0, 0.1) is 0 Å². The maximum absolute atomic E-state index is 3.63. The van der Waals surface area contributed by atoms with Crippen LogP contribution in [-0.4, -0.2) is 36.1 Å². The van der Waals surface area contributed by atoms with E-state index in [1.54, 1.807) is 0 Å². The monoisotopic (exact) mass is 212 g/mol. The lowest BCUT2D eigenvalue weighted by atomic mass is 9.81. The average molecular weight is 212 g/mol. The molecule has 1 unspecified atom stereocenters. The largest absolute Gasteiger partial charge is 0.311 e. The smallest absolute Gasteiger partial charge is 0.0206 e. The highest BCUT2D eigenvalue weighted by atomic mass is 15.2. The first-order chi connectivity index (χ1) is 7.22. The Labute approximate surface area is 95.4 Å². The molecule has 0 bridgehead atoms. The van der Waals surface area contributed by atoms with Crippen LogP contribution in [0.1, 0.15) is 53.4 Å². The molecule has 1 spiro atoms. The lowest BCUT2D eigenvalue weighted by Gasteiger charge is -2.43. The van der Waals surface area contributed by atoms with E-state index >= 15 is 0 Å². The van der Waals surface area contributed by atoms with Crippen LogP contribution >= 0.6 is 0 Å². The van der Waals surface area contributed by atoms with E-state index < -0.39 is 0 Å². The third-order valence-corrected chi connectivity index (χ3v) is 3.81. The molecule has 2 fully saturated rings. The molecular weight excluding hydrogens is 184 g/mol. The zero-order chi connectivity index (χ0) is 11.3. The molecule has 0 aromatic heterocycles. The van der Waals surface area contributed by atoms with Gasteiger partial charge in [0, 0.05) is 18.1 Å². The molecule has 0 amide bonds. The van der Waals surface area contributed by atoms with Gasteiger partial charge in [-0.15, -0.1) is 0 Å². The predicted molar refractivity (Wildman–Crippen MR) is 67.3 cm³/mol. The van der Waals surface area contributed by atoms with E-state index in [1.807, 2.05) is 13.8 Å². The number of nitrogens with zero attached hydrogens (tertiary/aromatic N) is 1. The Balaban J connectivity index is 0.000000531. The van der Waals surface area contributed by atoms with Crippen molar-refractivity contribution >= 4 is 0 Å². The Kier molecular flexibility index (Phi) is 5.07. The molecule has 1 N–H and O–H groups in total. The predicted octanol–water partition coefficient (Wildman–Crippen LogP) is 2.64. The third kappa shape index (κ3) is 3.18. The fraction of sp³-hybridized carbons (Fsp3) is 1.00. The average Bonchev–Trinajstić information content (AvgIpc) is 2.42. The zero-order valence-electron chi connectivity index (χ0n) is 11.0. The van der Waals surface area contributed by atoms with Crippen molar-refractivity contribution < 1.29 is 0 Å². The van der Waals surface area contributed by atoms with Gasteiger partial charge in [-0.25, -0.2) is 0 Å². The first kappa shape index (κ1) is 13.0. The topological polar surface area (TPSA) is 15.3 Å². The molecule has 90 valence electrons. The van der Waals surface area contributed by atoms with Gasteiger partial charge < -0.3 is 10.2 Å². The van der Waals surface area contributed by atoms with Crippen LogP contribution in [-0.2, 0) is 0 Å². The fourth-order valence-electron chi connectivity index (χ4n) is 2.64. The van der Waals surface area contributed by atoms with Crippen LogP contribution in [0.15, 0.2) is 0 Å². The lowest BCUT2D eigenvalue weighted by Crippen LogP contribution is -2.57. The van der Waals surface area contributed by atoms with Gasteiger partial charge in [0.05, 0.1) is 0 Å². The maximum atomic E-state index is 3.63. The van der Waals surface area contributed by atoms with Gasteiger partial charge in [0.15, 0.2) is 0 Å². The third-order valence-electron chi connectivity index (χ3n) is 3.81. The molecule has 15 heavy (non-hydrogen) atoms. The molecule has 0 aromatic carbocycles. The Morgan fingerprint density at radius 1 is 1.07 bits per heavy atom. The second-order valence-corrected chi connectivity index (χ2v) is 4.94. The van der Waals surface area contributed by atoms with Crippen LogP contribution in [0.5, 0.6) is 0 Å². The summed E-state index contributed by atoms with van der Waals surface area (Å²) < 4.78 is 0. The van der Waals surface area contributed by atoms with Crippen molar-refractivity contribution in [3.8, 4) is 0 Å². The van der Waals surface area contributed by atoms with E-state index in [2.05, 4.69) is 24.1 Å². The van der Waals surface area contributed by atoms with Gasteiger partial charge in [-0.1, -0.05) is 13.8 Å². The van der Waals surface area contributed by atoms with Crippen molar-refractivity contribution in [3.05, 3.63) is 0 Å². The first-order valence-corrected chi connectivity index (χ1v) is 6.71. The highest BCUT2D eigenvalue weighted by Crippen LogP contribution is 2.31. The number of rotatable bonds is 1. The van der Waals surface area contributed by atoms with Crippen LogP contribution < -0.4 is 5.32 Å². The van der Waals surface area contributed by atoms with E-state index in [0.29, 0.717) is 5.54 Å². The van der Waals surface area contributed by atoms with Crippen molar-refractivity contribution in [3.63, 3.8) is 0 Å². The van der Waals surface area contributed by atoms with E-state index in [1.165, 1.54) is 45.3 Å².